The molecular weight excluding hydrogens is 236 g/mol. The van der Waals surface area contributed by atoms with Crippen LogP contribution in [0.2, 0.25) is 0 Å². The zero-order chi connectivity index (χ0) is 10.9. The molecule has 1 aliphatic carbocycles. The van der Waals surface area contributed by atoms with Crippen molar-refractivity contribution < 1.29 is 13.5 Å². The fraction of sp³-hybridized carbons (Fsp3) is 0.625. The Hall–Kier alpha value is -0.660. The Morgan fingerprint density at radius 1 is 1.60 bits per heavy atom. The highest BCUT2D eigenvalue weighted by atomic mass is 32.2. The normalized spacial score (nSPS) is 16.6. The van der Waals surface area contributed by atoms with Gasteiger partial charge in [0, 0.05) is 11.3 Å². The summed E-state index contributed by atoms with van der Waals surface area (Å²) in [5.74, 6) is 0.239. The Bertz CT molecular complexity index is 436. The van der Waals surface area contributed by atoms with Crippen molar-refractivity contribution in [2.24, 2.45) is 0 Å². The first kappa shape index (κ1) is 10.8. The molecule has 1 aliphatic rings. The topological polar surface area (TPSA) is 79.3 Å². The van der Waals surface area contributed by atoms with Gasteiger partial charge in [0.1, 0.15) is 0 Å². The molecule has 2 N–H and O–H groups in total. The molecule has 2 rings (SSSR count). The van der Waals surface area contributed by atoms with Crippen LogP contribution in [0, 0.1) is 0 Å². The molecule has 1 aromatic rings. The highest BCUT2D eigenvalue weighted by molar-refractivity contribution is 7.92. The van der Waals surface area contributed by atoms with E-state index in [9.17, 15) is 8.42 Å². The van der Waals surface area contributed by atoms with Gasteiger partial charge in [-0.2, -0.15) is 0 Å². The Kier molecular flexibility index (Phi) is 2.94. The van der Waals surface area contributed by atoms with Crippen molar-refractivity contribution >= 4 is 26.5 Å². The maximum atomic E-state index is 11.3. The van der Waals surface area contributed by atoms with Crippen molar-refractivity contribution in [2.45, 2.75) is 18.8 Å². The Balaban J connectivity index is 2.03. The molecule has 1 heterocycles. The van der Waals surface area contributed by atoms with Gasteiger partial charge in [-0.1, -0.05) is 0 Å². The molecule has 0 atom stereocenters. The molecule has 0 spiro atoms. The van der Waals surface area contributed by atoms with Crippen LogP contribution in [0.5, 0.6) is 0 Å². The van der Waals surface area contributed by atoms with Crippen LogP contribution in [0.3, 0.4) is 0 Å². The minimum atomic E-state index is -3.43. The summed E-state index contributed by atoms with van der Waals surface area (Å²) in [5.41, 5.74) is 0.974. The minimum Gasteiger partial charge on any atom is -0.395 e. The number of anilines is 1. The summed E-state index contributed by atoms with van der Waals surface area (Å²) in [7, 11) is -3.43. The van der Waals surface area contributed by atoms with Gasteiger partial charge in [-0.3, -0.25) is 4.72 Å². The molecule has 0 bridgehead atoms. The number of nitrogens with zero attached hydrogens (tertiary/aromatic N) is 1. The number of hydrogen-bond donors (Lipinski definition) is 2. The van der Waals surface area contributed by atoms with Crippen molar-refractivity contribution in [1.29, 1.82) is 0 Å². The maximum Gasteiger partial charge on any atom is 0.236 e. The second-order valence-electron chi connectivity index (χ2n) is 3.50. The number of rotatable bonds is 5. The van der Waals surface area contributed by atoms with E-state index in [0.29, 0.717) is 11.0 Å². The summed E-state index contributed by atoms with van der Waals surface area (Å²) in [5, 5.41) is 10.8. The number of nitrogens with one attached hydrogen (secondary N) is 1. The van der Waals surface area contributed by atoms with Gasteiger partial charge >= 0.3 is 0 Å². The standard InChI is InChI=1S/C8H12N2O3S2/c11-3-4-15(12,13)10-8-9-7(5-14-8)6-1-2-6/h5-6,11H,1-4H2,(H,9,10). The molecule has 1 saturated carbocycles. The van der Waals surface area contributed by atoms with Crippen LogP contribution >= 0.6 is 11.3 Å². The van der Waals surface area contributed by atoms with Gasteiger partial charge in [0.25, 0.3) is 0 Å². The van der Waals surface area contributed by atoms with E-state index in [0.717, 1.165) is 18.5 Å². The fourth-order valence-corrected chi connectivity index (χ4v) is 3.07. The Morgan fingerprint density at radius 3 is 2.93 bits per heavy atom. The fourth-order valence-electron chi connectivity index (χ4n) is 1.20. The molecule has 0 aromatic carbocycles. The van der Waals surface area contributed by atoms with E-state index in [4.69, 9.17) is 5.11 Å². The van der Waals surface area contributed by atoms with Crippen LogP contribution in [0.25, 0.3) is 0 Å². The Labute approximate surface area is 92.2 Å². The molecule has 1 aromatic heterocycles. The van der Waals surface area contributed by atoms with E-state index < -0.39 is 10.0 Å². The molecule has 0 unspecified atom stereocenters. The molecule has 7 heteroatoms. The molecular formula is C8H12N2O3S2. The summed E-state index contributed by atoms with van der Waals surface area (Å²) in [6.45, 7) is -0.379. The van der Waals surface area contributed by atoms with Gasteiger partial charge in [-0.25, -0.2) is 13.4 Å². The SMILES string of the molecule is O=S(=O)(CCO)Nc1nc(C2CC2)cs1. The lowest BCUT2D eigenvalue weighted by Gasteiger charge is -2.01. The first-order chi connectivity index (χ1) is 7.11. The van der Waals surface area contributed by atoms with Gasteiger partial charge in [-0.05, 0) is 12.8 Å². The third kappa shape index (κ3) is 2.90. The van der Waals surface area contributed by atoms with E-state index in [-0.39, 0.29) is 12.4 Å². The van der Waals surface area contributed by atoms with E-state index in [1.807, 2.05) is 5.38 Å². The summed E-state index contributed by atoms with van der Waals surface area (Å²) in [6, 6.07) is 0. The molecule has 0 aliphatic heterocycles. The highest BCUT2D eigenvalue weighted by Gasteiger charge is 2.26. The summed E-state index contributed by atoms with van der Waals surface area (Å²) < 4.78 is 24.9. The largest absolute Gasteiger partial charge is 0.395 e. The lowest BCUT2D eigenvalue weighted by atomic mass is 10.3. The number of aliphatic hydroxyl groups excluding tert-OH is 1. The summed E-state index contributed by atoms with van der Waals surface area (Å²) in [6.07, 6.45) is 2.29. The van der Waals surface area contributed by atoms with Crippen LogP contribution in [0.15, 0.2) is 5.38 Å². The second-order valence-corrected chi connectivity index (χ2v) is 6.20. The molecule has 84 valence electrons. The average molecular weight is 248 g/mol. The first-order valence-corrected chi connectivity index (χ1v) is 7.21. The molecule has 0 radical (unpaired) electrons. The van der Waals surface area contributed by atoms with Crippen molar-refractivity contribution in [1.82, 2.24) is 4.98 Å². The average Bonchev–Trinajstić information content (AvgIpc) is 2.88. The predicted octanol–water partition coefficient (Wildman–Crippen LogP) is 0.754. The monoisotopic (exact) mass is 248 g/mol. The van der Waals surface area contributed by atoms with Gasteiger partial charge < -0.3 is 5.11 Å². The number of aliphatic hydroxyl groups is 1. The van der Waals surface area contributed by atoms with Gasteiger partial charge in [-0.15, -0.1) is 11.3 Å². The molecule has 1 fully saturated rings. The summed E-state index contributed by atoms with van der Waals surface area (Å²) >= 11 is 1.29. The zero-order valence-electron chi connectivity index (χ0n) is 8.01. The highest BCUT2D eigenvalue weighted by Crippen LogP contribution is 2.40. The number of thiazole rings is 1. The van der Waals surface area contributed by atoms with Crippen molar-refractivity contribution in [2.75, 3.05) is 17.1 Å². The quantitative estimate of drug-likeness (QED) is 0.806. The maximum absolute atomic E-state index is 11.3. The molecule has 0 saturated heterocycles. The minimum absolute atomic E-state index is 0.286. The lowest BCUT2D eigenvalue weighted by molar-refractivity contribution is 0.320. The van der Waals surface area contributed by atoms with Crippen LogP contribution in [0.1, 0.15) is 24.5 Å². The van der Waals surface area contributed by atoms with E-state index >= 15 is 0 Å². The first-order valence-electron chi connectivity index (χ1n) is 4.67. The van der Waals surface area contributed by atoms with Crippen LogP contribution in [0.4, 0.5) is 5.13 Å². The second kappa shape index (κ2) is 4.07. The van der Waals surface area contributed by atoms with Crippen LogP contribution in [-0.4, -0.2) is 30.9 Å². The van der Waals surface area contributed by atoms with Gasteiger partial charge in [0.15, 0.2) is 5.13 Å². The summed E-state index contributed by atoms with van der Waals surface area (Å²) in [4.78, 5) is 4.19. The molecule has 0 amide bonds. The van der Waals surface area contributed by atoms with Crippen molar-refractivity contribution in [3.8, 4) is 0 Å². The van der Waals surface area contributed by atoms with E-state index in [2.05, 4.69) is 9.71 Å². The molecule has 5 nitrogen and oxygen atoms in total. The third-order valence-electron chi connectivity index (χ3n) is 2.12. The van der Waals surface area contributed by atoms with Gasteiger partial charge in [0.05, 0.1) is 18.1 Å². The number of sulfonamides is 1. The number of aromatic nitrogens is 1. The van der Waals surface area contributed by atoms with E-state index in [1.165, 1.54) is 11.3 Å². The predicted molar refractivity (Wildman–Crippen MR) is 58.6 cm³/mol. The number of hydrogen-bond acceptors (Lipinski definition) is 5. The smallest absolute Gasteiger partial charge is 0.236 e. The Morgan fingerprint density at radius 2 is 2.33 bits per heavy atom. The van der Waals surface area contributed by atoms with Crippen LogP contribution < -0.4 is 4.72 Å². The zero-order valence-corrected chi connectivity index (χ0v) is 9.64. The van der Waals surface area contributed by atoms with E-state index in [1.54, 1.807) is 0 Å². The molecule has 15 heavy (non-hydrogen) atoms. The van der Waals surface area contributed by atoms with Crippen molar-refractivity contribution in [3.63, 3.8) is 0 Å². The van der Waals surface area contributed by atoms with Crippen molar-refractivity contribution in [3.05, 3.63) is 11.1 Å². The lowest BCUT2D eigenvalue weighted by Crippen LogP contribution is -2.18. The van der Waals surface area contributed by atoms with Gasteiger partial charge in [0.2, 0.25) is 10.0 Å². The third-order valence-corrected chi connectivity index (χ3v) is 4.25. The van der Waals surface area contributed by atoms with Crippen LogP contribution in [-0.2, 0) is 10.0 Å².